The lowest BCUT2D eigenvalue weighted by molar-refractivity contribution is -0.163. The molecule has 5 rings (SSSR count). The van der Waals surface area contributed by atoms with Gasteiger partial charge in [0.1, 0.15) is 21.9 Å². The predicted octanol–water partition coefficient (Wildman–Crippen LogP) is 3.34. The third-order valence-electron chi connectivity index (χ3n) is 6.04. The van der Waals surface area contributed by atoms with Gasteiger partial charge in [-0.15, -0.1) is 11.3 Å². The van der Waals surface area contributed by atoms with Gasteiger partial charge in [0.05, 0.1) is 22.9 Å². The maximum Gasteiger partial charge on any atom is 0.352 e. The van der Waals surface area contributed by atoms with Gasteiger partial charge in [-0.2, -0.15) is 0 Å². The van der Waals surface area contributed by atoms with E-state index in [2.05, 4.69) is 17.1 Å². The highest BCUT2D eigenvalue weighted by molar-refractivity contribution is 7.98. The van der Waals surface area contributed by atoms with Crippen molar-refractivity contribution in [1.82, 2.24) is 14.3 Å². The van der Waals surface area contributed by atoms with Crippen molar-refractivity contribution >= 4 is 45.4 Å². The Hall–Kier alpha value is -2.62. The first-order valence-electron chi connectivity index (χ1n) is 10.0. The third kappa shape index (κ3) is 3.10. The van der Waals surface area contributed by atoms with Gasteiger partial charge in [-0.25, -0.2) is 9.78 Å². The summed E-state index contributed by atoms with van der Waals surface area (Å²) in [6.45, 7) is 3.52. The summed E-state index contributed by atoms with van der Waals surface area (Å²) in [5.41, 5.74) is 1.90. The van der Waals surface area contributed by atoms with Crippen LogP contribution in [0.2, 0.25) is 0 Å². The van der Waals surface area contributed by atoms with Crippen LogP contribution in [-0.4, -0.2) is 48.5 Å². The molecule has 2 aliphatic rings. The van der Waals surface area contributed by atoms with Crippen LogP contribution in [0, 0.1) is 11.8 Å². The summed E-state index contributed by atoms with van der Waals surface area (Å²) in [4.78, 5) is 32.3. The number of fused-ring (bicyclic) bond motifs is 2. The Bertz CT molecular complexity index is 1210. The first-order chi connectivity index (χ1) is 14.9. The van der Waals surface area contributed by atoms with Crippen LogP contribution in [0.3, 0.4) is 0 Å². The average molecular weight is 456 g/mol. The van der Waals surface area contributed by atoms with Crippen LogP contribution in [-0.2, 0) is 15.3 Å². The van der Waals surface area contributed by atoms with Crippen LogP contribution < -0.4 is 0 Å². The van der Waals surface area contributed by atoms with E-state index >= 15 is 0 Å². The van der Waals surface area contributed by atoms with Crippen LogP contribution in [0.15, 0.2) is 53.6 Å². The predicted molar refractivity (Wildman–Crippen MR) is 119 cm³/mol. The normalized spacial score (nSPS) is 23.9. The fraction of sp³-hybridized carbons (Fsp3) is 0.318. The minimum atomic E-state index is -1.11. The van der Waals surface area contributed by atoms with E-state index in [9.17, 15) is 19.8 Å². The molecule has 1 aromatic carbocycles. The number of aliphatic hydroxyl groups is 1. The number of aromatic nitrogens is 2. The number of carboxylic acids is 1. The summed E-state index contributed by atoms with van der Waals surface area (Å²) in [6.07, 6.45) is 2.82. The van der Waals surface area contributed by atoms with Gasteiger partial charge in [0.25, 0.3) is 0 Å². The Kier molecular flexibility index (Phi) is 4.91. The number of rotatable bonds is 6. The number of β-lactam (4-membered cyclic amide) rings is 1. The van der Waals surface area contributed by atoms with E-state index < -0.39 is 18.0 Å². The summed E-state index contributed by atoms with van der Waals surface area (Å²) in [5.74, 6) is -1.38. The highest BCUT2D eigenvalue weighted by Gasteiger charge is 2.60. The van der Waals surface area contributed by atoms with Gasteiger partial charge in [-0.1, -0.05) is 49.0 Å². The van der Waals surface area contributed by atoms with E-state index in [-0.39, 0.29) is 23.6 Å². The summed E-state index contributed by atoms with van der Waals surface area (Å²) in [5, 5.41) is 20.8. The van der Waals surface area contributed by atoms with Crippen molar-refractivity contribution < 1.29 is 19.8 Å². The third-order valence-corrected chi connectivity index (χ3v) is 8.36. The van der Waals surface area contributed by atoms with E-state index in [1.54, 1.807) is 25.0 Å². The zero-order valence-electron chi connectivity index (χ0n) is 16.9. The topological polar surface area (TPSA) is 95.1 Å². The number of aliphatic hydroxyl groups excluding tert-OH is 1. The lowest BCUT2D eigenvalue weighted by Crippen LogP contribution is -2.63. The van der Waals surface area contributed by atoms with Crippen LogP contribution in [0.4, 0.5) is 0 Å². The minimum Gasteiger partial charge on any atom is -0.477 e. The van der Waals surface area contributed by atoms with Crippen LogP contribution in [0.25, 0.3) is 10.4 Å². The number of thiazole rings is 1. The van der Waals surface area contributed by atoms with Crippen molar-refractivity contribution in [2.24, 2.45) is 11.8 Å². The van der Waals surface area contributed by atoms with Crippen molar-refractivity contribution in [3.05, 3.63) is 59.0 Å². The van der Waals surface area contributed by atoms with Gasteiger partial charge in [0.15, 0.2) is 0 Å². The molecule has 0 spiro atoms. The molecule has 9 heteroatoms. The molecule has 0 aliphatic carbocycles. The molecular weight excluding hydrogens is 434 g/mol. The smallest absolute Gasteiger partial charge is 0.352 e. The summed E-state index contributed by atoms with van der Waals surface area (Å²) in [7, 11) is 0. The molecular formula is C22H21N3O4S2. The maximum absolute atomic E-state index is 12.6. The first kappa shape index (κ1) is 20.3. The average Bonchev–Trinajstić information content (AvgIpc) is 3.37. The maximum atomic E-state index is 12.6. The molecule has 1 fully saturated rings. The van der Waals surface area contributed by atoms with E-state index in [0.29, 0.717) is 5.57 Å². The molecule has 0 unspecified atom stereocenters. The van der Waals surface area contributed by atoms with Crippen LogP contribution in [0.5, 0.6) is 0 Å². The highest BCUT2D eigenvalue weighted by atomic mass is 32.2. The molecule has 0 saturated carbocycles. The number of carboxylic acid groups (broad SMARTS) is 1. The SMILES string of the molecule is C[C@@H](O)[C@H]1C(=O)N2C(C(=O)O)=C(c3cn4cnc(SCc5ccccc5)c4s3)[C@H](C)[C@H]12. The number of aliphatic carboxylic acids is 1. The zero-order chi connectivity index (χ0) is 21.9. The van der Waals surface area contributed by atoms with Crippen molar-refractivity contribution in [2.75, 3.05) is 0 Å². The Morgan fingerprint density at radius 3 is 2.74 bits per heavy atom. The minimum absolute atomic E-state index is 0.0374. The molecule has 160 valence electrons. The van der Waals surface area contributed by atoms with Gasteiger partial charge >= 0.3 is 5.97 Å². The summed E-state index contributed by atoms with van der Waals surface area (Å²) < 4.78 is 1.91. The summed E-state index contributed by atoms with van der Waals surface area (Å²) >= 11 is 3.13. The first-order valence-corrected chi connectivity index (χ1v) is 11.8. The van der Waals surface area contributed by atoms with E-state index in [1.807, 2.05) is 35.7 Å². The lowest BCUT2D eigenvalue weighted by atomic mass is 9.77. The molecule has 31 heavy (non-hydrogen) atoms. The highest BCUT2D eigenvalue weighted by Crippen LogP contribution is 2.51. The largest absolute Gasteiger partial charge is 0.477 e. The van der Waals surface area contributed by atoms with Gasteiger partial charge in [0.2, 0.25) is 5.91 Å². The molecule has 1 saturated heterocycles. The second-order valence-corrected chi connectivity index (χ2v) is 9.95. The number of hydrogen-bond acceptors (Lipinski definition) is 6. The molecule has 0 bridgehead atoms. The Morgan fingerprint density at radius 2 is 2.06 bits per heavy atom. The monoisotopic (exact) mass is 455 g/mol. The number of amides is 1. The van der Waals surface area contributed by atoms with Crippen molar-refractivity contribution in [2.45, 2.75) is 36.8 Å². The number of thioether (sulfide) groups is 1. The second-order valence-electron chi connectivity index (χ2n) is 7.95. The summed E-state index contributed by atoms with van der Waals surface area (Å²) in [6, 6.07) is 9.83. The Labute approximate surface area is 187 Å². The second kappa shape index (κ2) is 7.51. The Morgan fingerprint density at radius 1 is 1.32 bits per heavy atom. The van der Waals surface area contributed by atoms with Crippen LogP contribution in [0.1, 0.15) is 24.3 Å². The van der Waals surface area contributed by atoms with Crippen LogP contribution >= 0.6 is 23.1 Å². The number of carbonyl (C=O) groups is 2. The molecule has 3 aromatic rings. The standard InChI is InChI=1S/C22H21N3O4S2/c1-11-15(18(22(28)29)25-17(11)16(12(2)26)20(25)27)14-8-24-10-23-19(21(24)31-14)30-9-13-6-4-3-5-7-13/h3-8,10-12,16-17,26H,9H2,1-2H3,(H,28,29)/t11-,12+,16+,17+/m0/s1. The van der Waals surface area contributed by atoms with Gasteiger partial charge in [-0.05, 0) is 12.5 Å². The number of hydrogen-bond donors (Lipinski definition) is 2. The van der Waals surface area contributed by atoms with Gasteiger partial charge < -0.3 is 15.1 Å². The molecule has 4 heterocycles. The number of nitrogens with zero attached hydrogens (tertiary/aromatic N) is 3. The fourth-order valence-corrected chi connectivity index (χ4v) is 6.88. The molecule has 2 aliphatic heterocycles. The van der Waals surface area contributed by atoms with Crippen molar-refractivity contribution in [3.63, 3.8) is 0 Å². The molecule has 4 atom stereocenters. The number of benzene rings is 1. The lowest BCUT2D eigenvalue weighted by Gasteiger charge is -2.46. The van der Waals surface area contributed by atoms with Gasteiger partial charge in [0, 0.05) is 23.4 Å². The van der Waals surface area contributed by atoms with Crippen molar-refractivity contribution in [3.8, 4) is 0 Å². The van der Waals surface area contributed by atoms with Gasteiger partial charge in [-0.3, -0.25) is 9.20 Å². The number of carbonyl (C=O) groups excluding carboxylic acids is 1. The van der Waals surface area contributed by atoms with E-state index in [1.165, 1.54) is 21.8 Å². The quantitative estimate of drug-likeness (QED) is 0.437. The molecule has 2 aromatic heterocycles. The van der Waals surface area contributed by atoms with E-state index in [4.69, 9.17) is 0 Å². The van der Waals surface area contributed by atoms with E-state index in [0.717, 1.165) is 20.5 Å². The number of imidazole rings is 1. The Balaban J connectivity index is 1.50. The fourth-order valence-electron chi connectivity index (χ4n) is 4.62. The molecule has 7 nitrogen and oxygen atoms in total. The zero-order valence-corrected chi connectivity index (χ0v) is 18.6. The molecule has 0 radical (unpaired) electrons. The molecule has 1 amide bonds. The van der Waals surface area contributed by atoms with Crippen molar-refractivity contribution in [1.29, 1.82) is 0 Å². The molecule has 2 N–H and O–H groups in total.